The van der Waals surface area contributed by atoms with E-state index in [1.165, 1.54) is 11.1 Å². The highest BCUT2D eigenvalue weighted by Crippen LogP contribution is 2.45. The van der Waals surface area contributed by atoms with Gasteiger partial charge in [-0.05, 0) is 84.3 Å². The molecular weight excluding hydrogens is 392 g/mol. The van der Waals surface area contributed by atoms with Gasteiger partial charge in [-0.2, -0.15) is 0 Å². The quantitative estimate of drug-likeness (QED) is 0.356. The summed E-state index contributed by atoms with van der Waals surface area (Å²) in [6, 6.07) is 16.8. The summed E-state index contributed by atoms with van der Waals surface area (Å²) in [6.07, 6.45) is 5.17. The van der Waals surface area contributed by atoms with Gasteiger partial charge in [-0.3, -0.25) is 4.79 Å². The van der Waals surface area contributed by atoms with Crippen LogP contribution in [-0.4, -0.2) is 17.5 Å². The monoisotopic (exact) mass is 428 g/mol. The van der Waals surface area contributed by atoms with Crippen molar-refractivity contribution in [1.29, 1.82) is 0 Å². The van der Waals surface area contributed by atoms with E-state index in [0.717, 1.165) is 47.1 Å². The van der Waals surface area contributed by atoms with Crippen LogP contribution in [0.3, 0.4) is 0 Å². The van der Waals surface area contributed by atoms with Gasteiger partial charge >= 0.3 is 0 Å². The van der Waals surface area contributed by atoms with Crippen molar-refractivity contribution in [3.8, 4) is 0 Å². The number of Topliss-reactive ketones (excluding diaryl/α,β-unsaturated/α-hetero) is 1. The molecule has 2 heteroatoms. The summed E-state index contributed by atoms with van der Waals surface area (Å²) in [5, 5.41) is 10.2. The van der Waals surface area contributed by atoms with Crippen molar-refractivity contribution in [3.05, 3.63) is 101 Å². The second-order valence-corrected chi connectivity index (χ2v) is 8.99. The molecule has 1 N–H and O–H groups in total. The maximum Gasteiger partial charge on any atom is 0.158 e. The third-order valence-corrected chi connectivity index (χ3v) is 7.08. The van der Waals surface area contributed by atoms with Crippen LogP contribution in [0, 0.1) is 24.7 Å². The first-order valence-electron chi connectivity index (χ1n) is 11.7. The van der Waals surface area contributed by atoms with Crippen LogP contribution in [0.1, 0.15) is 55.4 Å². The molecule has 0 radical (unpaired) electrons. The lowest BCUT2D eigenvalue weighted by Gasteiger charge is -2.26. The van der Waals surface area contributed by atoms with E-state index < -0.39 is 0 Å². The van der Waals surface area contributed by atoms with Crippen LogP contribution in [0.4, 0.5) is 0 Å². The number of rotatable bonds is 9. The van der Waals surface area contributed by atoms with E-state index in [1.54, 1.807) is 0 Å². The second-order valence-electron chi connectivity index (χ2n) is 8.99. The summed E-state index contributed by atoms with van der Waals surface area (Å²) in [7, 11) is 0. The predicted molar refractivity (Wildman–Crippen MR) is 134 cm³/mol. The number of ketones is 1. The molecule has 3 unspecified atom stereocenters. The smallest absolute Gasteiger partial charge is 0.158 e. The molecule has 0 aromatic heterocycles. The lowest BCUT2D eigenvalue weighted by molar-refractivity contribution is -0.116. The first-order chi connectivity index (χ1) is 15.4. The average molecular weight is 429 g/mol. The van der Waals surface area contributed by atoms with Gasteiger partial charge in [-0.1, -0.05) is 80.3 Å². The van der Waals surface area contributed by atoms with Crippen molar-refractivity contribution in [2.45, 2.75) is 46.5 Å². The third-order valence-electron chi connectivity index (χ3n) is 7.08. The zero-order valence-corrected chi connectivity index (χ0v) is 19.7. The highest BCUT2D eigenvalue weighted by Gasteiger charge is 2.39. The number of hydrogen-bond donors (Lipinski definition) is 1. The van der Waals surface area contributed by atoms with Gasteiger partial charge in [0.25, 0.3) is 0 Å². The Kier molecular flexibility index (Phi) is 8.04. The number of aryl methyl sites for hydroxylation is 1. The zero-order valence-electron chi connectivity index (χ0n) is 19.7. The molecule has 3 atom stereocenters. The van der Waals surface area contributed by atoms with Crippen molar-refractivity contribution >= 4 is 11.4 Å². The van der Waals surface area contributed by atoms with E-state index >= 15 is 0 Å². The van der Waals surface area contributed by atoms with E-state index in [1.807, 2.05) is 38.1 Å². The molecule has 3 rings (SSSR count). The fourth-order valence-corrected chi connectivity index (χ4v) is 5.36. The van der Waals surface area contributed by atoms with Crippen molar-refractivity contribution < 1.29 is 9.90 Å². The highest BCUT2D eigenvalue weighted by molar-refractivity contribution is 5.95. The summed E-state index contributed by atoms with van der Waals surface area (Å²) in [6.45, 7) is 14.8. The van der Waals surface area contributed by atoms with E-state index in [0.29, 0.717) is 6.42 Å². The maximum absolute atomic E-state index is 12.4. The first-order valence-corrected chi connectivity index (χ1v) is 11.7. The lowest BCUT2D eigenvalue weighted by Crippen LogP contribution is -2.25. The fraction of sp³-hybridized carbons (Fsp3) is 0.367. The van der Waals surface area contributed by atoms with E-state index in [9.17, 15) is 9.90 Å². The van der Waals surface area contributed by atoms with Gasteiger partial charge < -0.3 is 5.11 Å². The SMILES string of the molecule is C=C(c1ccccc1)c1ccc(CC(=C)C2CCC(/C(=C\C)C(=O)CC)C2CO)cc1C. The van der Waals surface area contributed by atoms with Gasteiger partial charge in [0.1, 0.15) is 0 Å². The number of hydrogen-bond acceptors (Lipinski definition) is 2. The van der Waals surface area contributed by atoms with Gasteiger partial charge in [0, 0.05) is 13.0 Å². The van der Waals surface area contributed by atoms with Crippen LogP contribution >= 0.6 is 0 Å². The van der Waals surface area contributed by atoms with Crippen molar-refractivity contribution in [2.24, 2.45) is 17.8 Å². The van der Waals surface area contributed by atoms with Gasteiger partial charge in [-0.15, -0.1) is 0 Å². The van der Waals surface area contributed by atoms with Crippen LogP contribution in [-0.2, 0) is 11.2 Å². The topological polar surface area (TPSA) is 37.3 Å². The second kappa shape index (κ2) is 10.7. The Morgan fingerprint density at radius 1 is 1.09 bits per heavy atom. The largest absolute Gasteiger partial charge is 0.396 e. The van der Waals surface area contributed by atoms with Crippen molar-refractivity contribution in [2.75, 3.05) is 6.61 Å². The Hall–Kier alpha value is -2.71. The van der Waals surface area contributed by atoms with Gasteiger partial charge in [0.05, 0.1) is 0 Å². The molecule has 1 aliphatic rings. The molecule has 168 valence electrons. The molecule has 2 aromatic rings. The Balaban J connectivity index is 1.74. The van der Waals surface area contributed by atoms with Crippen LogP contribution in [0.15, 0.2) is 78.9 Å². The Bertz CT molecular complexity index is 1010. The van der Waals surface area contributed by atoms with Crippen molar-refractivity contribution in [3.63, 3.8) is 0 Å². The molecule has 1 saturated carbocycles. The highest BCUT2D eigenvalue weighted by atomic mass is 16.3. The number of carbonyl (C=O) groups is 1. The first kappa shape index (κ1) is 23.9. The number of carbonyl (C=O) groups excluding carboxylic acids is 1. The molecular formula is C30H36O2. The van der Waals surface area contributed by atoms with Gasteiger partial charge in [-0.25, -0.2) is 0 Å². The standard InChI is InChI=1S/C30H36O2/c1-6-25(30(32)7-2)28-16-15-27(29(28)19-31)21(4)18-23-13-14-26(20(3)17-23)22(5)24-11-9-8-10-12-24/h6,8-14,17,27-29,31H,4-5,7,15-16,18-19H2,1-3H3/b25-6+. The van der Waals surface area contributed by atoms with E-state index in [4.69, 9.17) is 0 Å². The average Bonchev–Trinajstić information content (AvgIpc) is 3.23. The number of aliphatic hydroxyl groups is 1. The molecule has 0 spiro atoms. The molecule has 0 heterocycles. The van der Waals surface area contributed by atoms with E-state index in [-0.39, 0.29) is 30.1 Å². The summed E-state index contributed by atoms with van der Waals surface area (Å²) >= 11 is 0. The molecule has 32 heavy (non-hydrogen) atoms. The van der Waals surface area contributed by atoms with Crippen LogP contribution < -0.4 is 0 Å². The number of allylic oxidation sites excluding steroid dienone is 3. The van der Waals surface area contributed by atoms with Gasteiger partial charge in [0.2, 0.25) is 0 Å². The molecule has 1 aliphatic carbocycles. The lowest BCUT2D eigenvalue weighted by atomic mass is 9.79. The molecule has 0 aliphatic heterocycles. The Morgan fingerprint density at radius 2 is 1.78 bits per heavy atom. The minimum Gasteiger partial charge on any atom is -0.396 e. The number of benzene rings is 2. The molecule has 2 nitrogen and oxygen atoms in total. The molecule has 0 amide bonds. The maximum atomic E-state index is 12.4. The normalized spacial score (nSPS) is 20.9. The summed E-state index contributed by atoms with van der Waals surface area (Å²) < 4.78 is 0. The summed E-state index contributed by atoms with van der Waals surface area (Å²) in [5.41, 5.74) is 7.81. The fourth-order valence-electron chi connectivity index (χ4n) is 5.36. The third kappa shape index (κ3) is 5.02. The summed E-state index contributed by atoms with van der Waals surface area (Å²) in [5.74, 6) is 0.649. The number of aliphatic hydroxyl groups excluding tert-OH is 1. The van der Waals surface area contributed by atoms with Crippen LogP contribution in [0.2, 0.25) is 0 Å². The van der Waals surface area contributed by atoms with Crippen molar-refractivity contribution in [1.82, 2.24) is 0 Å². The zero-order chi connectivity index (χ0) is 23.3. The Labute approximate surface area is 193 Å². The molecule has 1 fully saturated rings. The minimum atomic E-state index is 0.0717. The van der Waals surface area contributed by atoms with E-state index in [2.05, 4.69) is 50.4 Å². The minimum absolute atomic E-state index is 0.0717. The van der Waals surface area contributed by atoms with Gasteiger partial charge in [0.15, 0.2) is 5.78 Å². The molecule has 2 aromatic carbocycles. The Morgan fingerprint density at radius 3 is 2.38 bits per heavy atom. The van der Waals surface area contributed by atoms with Crippen LogP contribution in [0.5, 0.6) is 0 Å². The molecule has 0 bridgehead atoms. The van der Waals surface area contributed by atoms with Crippen LogP contribution in [0.25, 0.3) is 5.57 Å². The predicted octanol–water partition coefficient (Wildman–Crippen LogP) is 6.72. The molecule has 0 saturated heterocycles. The summed E-state index contributed by atoms with van der Waals surface area (Å²) in [4.78, 5) is 12.4.